The molecular formula is C25H28N2O5. The van der Waals surface area contributed by atoms with Crippen molar-refractivity contribution >= 4 is 18.0 Å². The van der Waals surface area contributed by atoms with Crippen molar-refractivity contribution in [1.29, 1.82) is 0 Å². The Morgan fingerprint density at radius 2 is 1.66 bits per heavy atom. The highest BCUT2D eigenvalue weighted by Crippen LogP contribution is 2.44. The summed E-state index contributed by atoms with van der Waals surface area (Å²) >= 11 is 0. The molecule has 0 bridgehead atoms. The number of nitrogens with one attached hydrogen (secondary N) is 2. The second-order valence-corrected chi connectivity index (χ2v) is 8.68. The van der Waals surface area contributed by atoms with Gasteiger partial charge in [0.25, 0.3) is 0 Å². The minimum absolute atomic E-state index is 0.00553. The summed E-state index contributed by atoms with van der Waals surface area (Å²) in [5.74, 6) is -1.33. The summed E-state index contributed by atoms with van der Waals surface area (Å²) in [7, 11) is 0. The quantitative estimate of drug-likeness (QED) is 0.614. The number of hydrogen-bond acceptors (Lipinski definition) is 4. The molecule has 7 heteroatoms. The number of hydrogen-bond donors (Lipinski definition) is 3. The molecule has 0 aliphatic heterocycles. The molecule has 0 spiro atoms. The third-order valence-corrected chi connectivity index (χ3v) is 6.34. The van der Waals surface area contributed by atoms with Crippen molar-refractivity contribution in [2.24, 2.45) is 5.92 Å². The molecule has 0 aromatic heterocycles. The van der Waals surface area contributed by atoms with Gasteiger partial charge in [-0.2, -0.15) is 0 Å². The second kappa shape index (κ2) is 9.42. The summed E-state index contributed by atoms with van der Waals surface area (Å²) in [4.78, 5) is 35.6. The highest BCUT2D eigenvalue weighted by atomic mass is 16.5. The first kappa shape index (κ1) is 21.9. The van der Waals surface area contributed by atoms with Crippen LogP contribution in [-0.2, 0) is 14.3 Å². The van der Waals surface area contributed by atoms with Crippen molar-refractivity contribution < 1.29 is 24.2 Å². The van der Waals surface area contributed by atoms with Gasteiger partial charge < -0.3 is 20.5 Å². The van der Waals surface area contributed by atoms with Crippen LogP contribution in [0.4, 0.5) is 4.79 Å². The van der Waals surface area contributed by atoms with Crippen LogP contribution in [0.15, 0.2) is 48.5 Å². The normalized spacial score (nSPS) is 20.2. The molecule has 168 valence electrons. The maximum Gasteiger partial charge on any atom is 0.407 e. The lowest BCUT2D eigenvalue weighted by Gasteiger charge is -2.18. The zero-order chi connectivity index (χ0) is 22.7. The molecule has 2 aromatic carbocycles. The molecule has 0 radical (unpaired) electrons. The van der Waals surface area contributed by atoms with E-state index in [1.807, 2.05) is 24.3 Å². The van der Waals surface area contributed by atoms with Crippen LogP contribution in [0, 0.1) is 5.92 Å². The molecule has 3 N–H and O–H groups in total. The Bertz CT molecular complexity index is 975. The van der Waals surface area contributed by atoms with Crippen LogP contribution in [0.25, 0.3) is 11.1 Å². The Morgan fingerprint density at radius 3 is 2.28 bits per heavy atom. The van der Waals surface area contributed by atoms with Crippen molar-refractivity contribution in [2.45, 2.75) is 50.6 Å². The van der Waals surface area contributed by atoms with E-state index >= 15 is 0 Å². The number of carboxylic acid groups (broad SMARTS) is 1. The molecule has 2 aliphatic carbocycles. The van der Waals surface area contributed by atoms with Crippen molar-refractivity contribution in [1.82, 2.24) is 10.6 Å². The standard InChI is InChI=1S/C25H28N2O5/c1-15(12-23(28)29)26-24(30)16-10-11-17(13-16)27-25(31)32-14-22-20-8-4-2-6-18(20)19-7-3-5-9-21(19)22/h2-9,15-17,22H,10-14H2,1H3,(H,26,30)(H,27,31)(H,28,29)/t15-,16+,17-/m0/s1. The first-order valence-electron chi connectivity index (χ1n) is 11.1. The topological polar surface area (TPSA) is 105 Å². The van der Waals surface area contributed by atoms with Gasteiger partial charge >= 0.3 is 12.1 Å². The van der Waals surface area contributed by atoms with E-state index in [4.69, 9.17) is 9.84 Å². The largest absolute Gasteiger partial charge is 0.481 e. The summed E-state index contributed by atoms with van der Waals surface area (Å²) < 4.78 is 5.59. The maximum atomic E-state index is 12.5. The van der Waals surface area contributed by atoms with Gasteiger partial charge in [-0.15, -0.1) is 0 Å². The van der Waals surface area contributed by atoms with Gasteiger partial charge in [0.05, 0.1) is 6.42 Å². The zero-order valence-corrected chi connectivity index (χ0v) is 18.0. The Labute approximate surface area is 187 Å². The molecule has 0 unspecified atom stereocenters. The molecule has 1 fully saturated rings. The molecule has 2 amide bonds. The second-order valence-electron chi connectivity index (χ2n) is 8.68. The molecular weight excluding hydrogens is 408 g/mol. The Hall–Kier alpha value is -3.35. The molecule has 32 heavy (non-hydrogen) atoms. The molecule has 0 saturated heterocycles. The minimum Gasteiger partial charge on any atom is -0.481 e. The smallest absolute Gasteiger partial charge is 0.407 e. The number of carboxylic acids is 1. The van der Waals surface area contributed by atoms with Crippen molar-refractivity contribution in [3.05, 3.63) is 59.7 Å². The van der Waals surface area contributed by atoms with E-state index in [2.05, 4.69) is 34.9 Å². The van der Waals surface area contributed by atoms with E-state index in [0.717, 1.165) is 11.1 Å². The van der Waals surface area contributed by atoms with Crippen LogP contribution in [0.3, 0.4) is 0 Å². The average Bonchev–Trinajstić information content (AvgIpc) is 3.34. The lowest BCUT2D eigenvalue weighted by molar-refractivity contribution is -0.137. The van der Waals surface area contributed by atoms with Crippen LogP contribution in [-0.4, -0.2) is 41.8 Å². The van der Waals surface area contributed by atoms with Crippen LogP contribution in [0.2, 0.25) is 0 Å². The maximum absolute atomic E-state index is 12.5. The number of ether oxygens (including phenoxy) is 1. The van der Waals surface area contributed by atoms with Crippen LogP contribution < -0.4 is 10.6 Å². The van der Waals surface area contributed by atoms with Crippen molar-refractivity contribution in [3.63, 3.8) is 0 Å². The van der Waals surface area contributed by atoms with E-state index in [9.17, 15) is 14.4 Å². The van der Waals surface area contributed by atoms with Gasteiger partial charge in [0, 0.05) is 23.9 Å². The lowest BCUT2D eigenvalue weighted by Crippen LogP contribution is -2.39. The lowest BCUT2D eigenvalue weighted by atomic mass is 9.98. The van der Waals surface area contributed by atoms with Gasteiger partial charge in [0.15, 0.2) is 0 Å². The van der Waals surface area contributed by atoms with Gasteiger partial charge in [0.1, 0.15) is 6.61 Å². The van der Waals surface area contributed by atoms with Gasteiger partial charge in [-0.1, -0.05) is 48.5 Å². The number of fused-ring (bicyclic) bond motifs is 3. The molecule has 1 saturated carbocycles. The number of benzene rings is 2. The molecule has 2 aromatic rings. The fourth-order valence-electron chi connectivity index (χ4n) is 4.83. The summed E-state index contributed by atoms with van der Waals surface area (Å²) in [6, 6.07) is 15.8. The third kappa shape index (κ3) is 4.77. The molecule has 4 rings (SSSR count). The fourth-order valence-corrected chi connectivity index (χ4v) is 4.83. The van der Waals surface area contributed by atoms with Gasteiger partial charge in [0.2, 0.25) is 5.91 Å². The van der Waals surface area contributed by atoms with Gasteiger partial charge in [-0.3, -0.25) is 9.59 Å². The predicted octanol–water partition coefficient (Wildman–Crippen LogP) is 3.67. The number of rotatable bonds is 7. The summed E-state index contributed by atoms with van der Waals surface area (Å²) in [6.45, 7) is 1.93. The third-order valence-electron chi connectivity index (χ3n) is 6.34. The Balaban J connectivity index is 1.28. The highest BCUT2D eigenvalue weighted by molar-refractivity contribution is 5.81. The molecule has 7 nitrogen and oxygen atoms in total. The SMILES string of the molecule is C[C@@H](CC(=O)O)NC(=O)[C@@H]1CC[C@H](NC(=O)OCC2c3ccccc3-c3ccccc32)C1. The van der Waals surface area contributed by atoms with Gasteiger partial charge in [-0.25, -0.2) is 4.79 Å². The van der Waals surface area contributed by atoms with E-state index < -0.39 is 18.1 Å². The first-order chi connectivity index (χ1) is 15.4. The molecule has 0 heterocycles. The summed E-state index contributed by atoms with van der Waals surface area (Å²) in [5, 5.41) is 14.5. The monoisotopic (exact) mass is 436 g/mol. The van der Waals surface area contributed by atoms with Crippen LogP contribution >= 0.6 is 0 Å². The van der Waals surface area contributed by atoms with Crippen LogP contribution in [0.5, 0.6) is 0 Å². The summed E-state index contributed by atoms with van der Waals surface area (Å²) in [6.07, 6.45) is 1.28. The van der Waals surface area contributed by atoms with E-state index in [0.29, 0.717) is 19.3 Å². The molecule has 2 aliphatic rings. The first-order valence-corrected chi connectivity index (χ1v) is 11.1. The average molecular weight is 437 g/mol. The van der Waals surface area contributed by atoms with Gasteiger partial charge in [-0.05, 0) is 48.4 Å². The Morgan fingerprint density at radius 1 is 1.03 bits per heavy atom. The number of alkyl carbamates (subject to hydrolysis) is 1. The van der Waals surface area contributed by atoms with E-state index in [-0.39, 0.29) is 36.8 Å². The van der Waals surface area contributed by atoms with E-state index in [1.54, 1.807) is 6.92 Å². The number of carbonyl (C=O) groups excluding carboxylic acids is 2. The number of carbonyl (C=O) groups is 3. The van der Waals surface area contributed by atoms with Crippen molar-refractivity contribution in [2.75, 3.05) is 6.61 Å². The highest BCUT2D eigenvalue weighted by Gasteiger charge is 2.33. The fraction of sp³-hybridized carbons (Fsp3) is 0.400. The summed E-state index contributed by atoms with van der Waals surface area (Å²) in [5.41, 5.74) is 4.68. The number of amides is 2. The number of aliphatic carboxylic acids is 1. The van der Waals surface area contributed by atoms with Crippen molar-refractivity contribution in [3.8, 4) is 11.1 Å². The molecule has 3 atom stereocenters. The van der Waals surface area contributed by atoms with E-state index in [1.165, 1.54) is 11.1 Å². The predicted molar refractivity (Wildman–Crippen MR) is 119 cm³/mol. The minimum atomic E-state index is -0.945. The Kier molecular flexibility index (Phi) is 6.44. The zero-order valence-electron chi connectivity index (χ0n) is 18.0. The van der Waals surface area contributed by atoms with Crippen LogP contribution in [0.1, 0.15) is 49.7 Å².